The van der Waals surface area contributed by atoms with E-state index in [1.54, 1.807) is 30.3 Å². The van der Waals surface area contributed by atoms with E-state index in [0.29, 0.717) is 11.6 Å². The first-order valence-electron chi connectivity index (χ1n) is 13.2. The van der Waals surface area contributed by atoms with E-state index in [4.69, 9.17) is 10.5 Å². The Bertz CT molecular complexity index is 2230. The van der Waals surface area contributed by atoms with Crippen LogP contribution in [0.5, 0.6) is 0 Å². The van der Waals surface area contributed by atoms with E-state index in [-0.39, 0.29) is 42.7 Å². The molecule has 0 aliphatic heterocycles. The fourth-order valence-corrected chi connectivity index (χ4v) is 7.32. The van der Waals surface area contributed by atoms with Crippen LogP contribution in [0.4, 0.5) is 8.78 Å². The van der Waals surface area contributed by atoms with Crippen molar-refractivity contribution < 1.29 is 30.4 Å². The lowest BCUT2D eigenvalue weighted by atomic mass is 10.0. The second kappa shape index (κ2) is 14.4. The van der Waals surface area contributed by atoms with Crippen LogP contribution in [0.1, 0.15) is 27.0 Å². The fraction of sp³-hybridized carbons (Fsp3) is 0.0294. The van der Waals surface area contributed by atoms with Crippen molar-refractivity contribution in [2.45, 2.75) is 26.0 Å². The molecule has 0 heterocycles. The molecule has 0 radical (unpaired) electrons. The van der Waals surface area contributed by atoms with Gasteiger partial charge in [0.15, 0.2) is 5.78 Å². The van der Waals surface area contributed by atoms with E-state index < -0.39 is 37.1 Å². The summed E-state index contributed by atoms with van der Waals surface area (Å²) in [6, 6.07) is 30.4. The Labute approximate surface area is 273 Å². The van der Waals surface area contributed by atoms with E-state index in [1.807, 2.05) is 12.1 Å². The fourth-order valence-electron chi connectivity index (χ4n) is 4.24. The van der Waals surface area contributed by atoms with Gasteiger partial charge in [0, 0.05) is 17.0 Å². The maximum Gasteiger partial charge on any atom is 0.207 e. The second-order valence-corrected chi connectivity index (χ2v) is 14.3. The molecule has 0 unspecified atom stereocenters. The van der Waals surface area contributed by atoms with E-state index in [0.717, 1.165) is 16.6 Å². The van der Waals surface area contributed by atoms with Gasteiger partial charge in [-0.05, 0) is 78.4 Å². The van der Waals surface area contributed by atoms with Gasteiger partial charge in [0.2, 0.25) is 19.7 Å². The number of nitriles is 2. The average Bonchev–Trinajstić information content (AvgIpc) is 3.05. The number of nitrogens with zero attached hydrogens (tertiary/aromatic N) is 2. The Morgan fingerprint density at radius 1 is 0.652 bits per heavy atom. The third-order valence-electron chi connectivity index (χ3n) is 6.55. The highest BCUT2D eigenvalue weighted by Crippen LogP contribution is 2.26. The summed E-state index contributed by atoms with van der Waals surface area (Å²) >= 11 is 3.25. The van der Waals surface area contributed by atoms with Crippen molar-refractivity contribution in [1.82, 2.24) is 0 Å². The lowest BCUT2D eigenvalue weighted by Gasteiger charge is -2.08. The molecule has 5 aromatic carbocycles. The number of benzene rings is 5. The summed E-state index contributed by atoms with van der Waals surface area (Å²) < 4.78 is 77.7. The highest BCUT2D eigenvalue weighted by molar-refractivity contribution is 9.10. The minimum atomic E-state index is -3.90. The molecule has 0 saturated carbocycles. The van der Waals surface area contributed by atoms with Crippen LogP contribution in [0.25, 0.3) is 0 Å². The molecule has 0 fully saturated rings. The molecule has 230 valence electrons. The minimum Gasteiger partial charge on any atom is -0.294 e. The largest absolute Gasteiger partial charge is 0.294 e. The number of carbonyl (C=O) groups excluding carboxylic acids is 1. The summed E-state index contributed by atoms with van der Waals surface area (Å²) in [5, 5.41) is 18.1. The Kier molecular flexibility index (Phi) is 10.6. The van der Waals surface area contributed by atoms with Crippen LogP contribution in [0.15, 0.2) is 139 Å². The molecule has 12 heteroatoms. The van der Waals surface area contributed by atoms with Crippen molar-refractivity contribution in [3.8, 4) is 12.1 Å². The van der Waals surface area contributed by atoms with Crippen molar-refractivity contribution in [2.75, 3.05) is 0 Å². The molecule has 7 nitrogen and oxygen atoms in total. The zero-order valence-electron chi connectivity index (χ0n) is 23.6. The summed E-state index contributed by atoms with van der Waals surface area (Å²) in [4.78, 5) is 12.3. The third-order valence-corrected chi connectivity index (χ3v) is 10.7. The van der Waals surface area contributed by atoms with Gasteiger partial charge in [-0.2, -0.15) is 10.5 Å². The first-order valence-corrected chi connectivity index (χ1v) is 17.0. The number of rotatable bonds is 7. The molecule has 46 heavy (non-hydrogen) atoms. The molecule has 0 aliphatic rings. The summed E-state index contributed by atoms with van der Waals surface area (Å²) in [5.41, 5.74) is 0.427. The number of carbonyl (C=O) groups is 1. The zero-order chi connectivity index (χ0) is 33.5. The topological polar surface area (TPSA) is 133 Å². The Morgan fingerprint density at radius 2 is 1.11 bits per heavy atom. The molecule has 0 N–H and O–H groups in total. The van der Waals surface area contributed by atoms with Crippen LogP contribution in [0.3, 0.4) is 0 Å². The Morgan fingerprint density at radius 3 is 1.57 bits per heavy atom. The molecule has 0 spiro atoms. The van der Waals surface area contributed by atoms with E-state index >= 15 is 0 Å². The Balaban J connectivity index is 0.000000230. The number of halogens is 3. The summed E-state index contributed by atoms with van der Waals surface area (Å²) in [5.74, 6) is -2.28. The standard InChI is InChI=1S/C21H13F2NO3S.C13H8BrNO2S/c22-16-7-10-18(19(23)12-16)20(25)11-14-5-8-17(9-6-14)28(26,27)21-4-2-1-3-15(21)13-24;14-11-5-7-12(8-6-11)18(16,17)13-4-2-1-3-10(13)9-15/h1-10,12H,11H2;1-8H. The number of sulfone groups is 2. The quantitative estimate of drug-likeness (QED) is 0.162. The maximum absolute atomic E-state index is 13.7. The van der Waals surface area contributed by atoms with Gasteiger partial charge in [0.05, 0.1) is 36.3 Å². The van der Waals surface area contributed by atoms with Crippen LogP contribution in [-0.4, -0.2) is 22.6 Å². The van der Waals surface area contributed by atoms with E-state index in [2.05, 4.69) is 15.9 Å². The van der Waals surface area contributed by atoms with Crippen molar-refractivity contribution in [3.63, 3.8) is 0 Å². The van der Waals surface area contributed by atoms with Gasteiger partial charge < -0.3 is 0 Å². The zero-order valence-corrected chi connectivity index (χ0v) is 26.8. The van der Waals surface area contributed by atoms with Crippen molar-refractivity contribution in [1.29, 1.82) is 10.5 Å². The second-order valence-electron chi connectivity index (χ2n) is 9.54. The third kappa shape index (κ3) is 7.61. The monoisotopic (exact) mass is 718 g/mol. The van der Waals surface area contributed by atoms with Crippen molar-refractivity contribution in [3.05, 3.63) is 154 Å². The van der Waals surface area contributed by atoms with Gasteiger partial charge in [0.1, 0.15) is 23.8 Å². The normalized spacial score (nSPS) is 11.0. The molecular formula is C34H21BrF2N2O5S2. The van der Waals surface area contributed by atoms with Gasteiger partial charge in [0.25, 0.3) is 0 Å². The molecular weight excluding hydrogens is 698 g/mol. The van der Waals surface area contributed by atoms with Crippen LogP contribution < -0.4 is 0 Å². The molecule has 0 amide bonds. The Hall–Kier alpha value is -5.01. The van der Waals surface area contributed by atoms with Gasteiger partial charge in [-0.3, -0.25) is 4.79 Å². The van der Waals surface area contributed by atoms with Crippen LogP contribution in [0, 0.1) is 34.3 Å². The van der Waals surface area contributed by atoms with Crippen molar-refractivity contribution in [2.24, 2.45) is 0 Å². The van der Waals surface area contributed by atoms with Gasteiger partial charge in [-0.1, -0.05) is 52.3 Å². The van der Waals surface area contributed by atoms with Crippen molar-refractivity contribution >= 4 is 41.4 Å². The molecule has 0 atom stereocenters. The minimum absolute atomic E-state index is 0.0284. The van der Waals surface area contributed by atoms with Crippen LogP contribution in [0.2, 0.25) is 0 Å². The predicted molar refractivity (Wildman–Crippen MR) is 168 cm³/mol. The number of ketones is 1. The number of hydrogen-bond donors (Lipinski definition) is 0. The molecule has 0 bridgehead atoms. The number of hydrogen-bond acceptors (Lipinski definition) is 7. The predicted octanol–water partition coefficient (Wildman–Crippen LogP) is 7.25. The van der Waals surface area contributed by atoms with E-state index in [1.165, 1.54) is 66.7 Å². The molecule has 0 aliphatic carbocycles. The first-order chi connectivity index (χ1) is 21.9. The molecule has 5 rings (SSSR count). The summed E-state index contributed by atoms with van der Waals surface area (Å²) in [7, 11) is -7.54. The molecule has 5 aromatic rings. The highest BCUT2D eigenvalue weighted by Gasteiger charge is 2.22. The lowest BCUT2D eigenvalue weighted by Crippen LogP contribution is -2.07. The average molecular weight is 720 g/mol. The summed E-state index contributed by atoms with van der Waals surface area (Å²) in [6.45, 7) is 0. The smallest absolute Gasteiger partial charge is 0.207 e. The van der Waals surface area contributed by atoms with Gasteiger partial charge in [-0.25, -0.2) is 25.6 Å². The lowest BCUT2D eigenvalue weighted by molar-refractivity contribution is 0.0989. The maximum atomic E-state index is 13.7. The molecule has 0 aromatic heterocycles. The van der Waals surface area contributed by atoms with E-state index in [9.17, 15) is 30.4 Å². The van der Waals surface area contributed by atoms with Gasteiger partial charge in [-0.15, -0.1) is 0 Å². The van der Waals surface area contributed by atoms with Crippen LogP contribution >= 0.6 is 15.9 Å². The van der Waals surface area contributed by atoms with Gasteiger partial charge >= 0.3 is 0 Å². The first kappa shape index (κ1) is 33.9. The number of Topliss-reactive ketones (excluding diaryl/α,β-unsaturated/α-hetero) is 1. The summed E-state index contributed by atoms with van der Waals surface area (Å²) in [6.07, 6.45) is -0.169. The SMILES string of the molecule is N#Cc1ccccc1S(=O)(=O)c1ccc(Br)cc1.N#Cc1ccccc1S(=O)(=O)c1ccc(CC(=O)c2ccc(F)cc2F)cc1. The highest BCUT2D eigenvalue weighted by atomic mass is 79.9. The van der Waals surface area contributed by atoms with Crippen LogP contribution in [-0.2, 0) is 26.1 Å². The molecule has 0 saturated heterocycles.